The number of benzene rings is 1. The highest BCUT2D eigenvalue weighted by Gasteiger charge is 2.41. The number of nitrogens with one attached hydrogen (secondary N) is 1. The van der Waals surface area contributed by atoms with Crippen molar-refractivity contribution in [1.82, 2.24) is 25.3 Å². The Bertz CT molecular complexity index is 988. The molecule has 0 saturated carbocycles. The number of ether oxygens (including phenoxy) is 1. The minimum atomic E-state index is -4.82. The molecule has 0 bridgehead atoms. The van der Waals surface area contributed by atoms with Crippen molar-refractivity contribution in [3.8, 4) is 11.7 Å². The summed E-state index contributed by atoms with van der Waals surface area (Å²) in [7, 11) is 1.36. The van der Waals surface area contributed by atoms with Gasteiger partial charge in [0, 0.05) is 12.1 Å². The number of nitrogens with zero attached hydrogens (tertiary/aromatic N) is 4. The van der Waals surface area contributed by atoms with E-state index in [0.717, 1.165) is 11.8 Å². The molecule has 1 aromatic carbocycles. The van der Waals surface area contributed by atoms with Gasteiger partial charge in [-0.25, -0.2) is 4.68 Å². The second-order valence-corrected chi connectivity index (χ2v) is 6.65. The molecule has 1 N–H and O–H groups in total. The average Bonchev–Trinajstić information content (AvgIpc) is 3.19. The quantitative estimate of drug-likeness (QED) is 0.635. The lowest BCUT2D eigenvalue weighted by atomic mass is 10.1. The Morgan fingerprint density at radius 1 is 1.17 bits per heavy atom. The third-order valence-corrected chi connectivity index (χ3v) is 4.42. The molecule has 158 valence electrons. The Balaban J connectivity index is 1.79. The summed E-state index contributed by atoms with van der Waals surface area (Å²) in [6.07, 6.45) is -2.67. The number of carbonyl (C=O) groups is 1. The van der Waals surface area contributed by atoms with Crippen molar-refractivity contribution in [2.75, 3.05) is 7.11 Å². The van der Waals surface area contributed by atoms with E-state index in [4.69, 9.17) is 4.74 Å². The second kappa shape index (κ2) is 8.93. The lowest BCUT2D eigenvalue weighted by Gasteiger charge is -2.15. The molecule has 3 rings (SSSR count). The maximum Gasteiger partial charge on any atom is 0.434 e. The molecule has 0 saturated heterocycles. The first-order valence-electron chi connectivity index (χ1n) is 9.17. The van der Waals surface area contributed by atoms with Crippen LogP contribution in [-0.4, -0.2) is 39.0 Å². The minimum absolute atomic E-state index is 0.143. The second-order valence-electron chi connectivity index (χ2n) is 6.65. The summed E-state index contributed by atoms with van der Waals surface area (Å²) in [5, 5.41) is 13.7. The molecule has 2 aromatic heterocycles. The van der Waals surface area contributed by atoms with Gasteiger partial charge in [0.15, 0.2) is 11.5 Å². The molecule has 0 fully saturated rings. The number of carbonyl (C=O) groups excluding carboxylic acids is 1. The van der Waals surface area contributed by atoms with Crippen molar-refractivity contribution >= 4 is 5.91 Å². The Morgan fingerprint density at radius 2 is 1.90 bits per heavy atom. The molecule has 0 aliphatic heterocycles. The molecule has 7 nitrogen and oxygen atoms in total. The smallest absolute Gasteiger partial charge is 0.434 e. The maximum absolute atomic E-state index is 13.7. The molecule has 0 aliphatic rings. The summed E-state index contributed by atoms with van der Waals surface area (Å²) >= 11 is 0. The Kier molecular flexibility index (Phi) is 6.34. The van der Waals surface area contributed by atoms with Gasteiger partial charge in [0.2, 0.25) is 5.88 Å². The summed E-state index contributed by atoms with van der Waals surface area (Å²) in [6.45, 7) is 1.74. The third kappa shape index (κ3) is 4.94. The third-order valence-electron chi connectivity index (χ3n) is 4.42. The van der Waals surface area contributed by atoms with Crippen LogP contribution >= 0.6 is 0 Å². The lowest BCUT2D eigenvalue weighted by Crippen LogP contribution is -2.34. The van der Waals surface area contributed by atoms with Gasteiger partial charge < -0.3 is 10.1 Å². The molecule has 2 heterocycles. The van der Waals surface area contributed by atoms with Gasteiger partial charge >= 0.3 is 6.18 Å². The number of hydrogen-bond donors (Lipinski definition) is 1. The van der Waals surface area contributed by atoms with Crippen LogP contribution in [0.2, 0.25) is 0 Å². The van der Waals surface area contributed by atoms with E-state index >= 15 is 0 Å². The van der Waals surface area contributed by atoms with E-state index < -0.39 is 23.3 Å². The van der Waals surface area contributed by atoms with Crippen LogP contribution in [0.3, 0.4) is 0 Å². The number of alkyl halides is 3. The largest absolute Gasteiger partial charge is 0.480 e. The zero-order chi connectivity index (χ0) is 21.7. The van der Waals surface area contributed by atoms with Crippen molar-refractivity contribution in [2.24, 2.45) is 0 Å². The summed E-state index contributed by atoms with van der Waals surface area (Å²) < 4.78 is 46.6. The van der Waals surface area contributed by atoms with Gasteiger partial charge in [-0.15, -0.1) is 10.2 Å². The van der Waals surface area contributed by atoms with Gasteiger partial charge in [0.1, 0.15) is 0 Å². The van der Waals surface area contributed by atoms with Crippen molar-refractivity contribution in [3.63, 3.8) is 0 Å². The van der Waals surface area contributed by atoms with E-state index in [1.54, 1.807) is 6.92 Å². The molecular weight excluding hydrogens is 399 g/mol. The van der Waals surface area contributed by atoms with Crippen molar-refractivity contribution in [1.29, 1.82) is 0 Å². The van der Waals surface area contributed by atoms with Crippen LogP contribution < -0.4 is 10.1 Å². The predicted molar refractivity (Wildman–Crippen MR) is 102 cm³/mol. The standard InChI is InChI=1S/C20H20F3N5O2/c1-13(8-9-14-6-4-3-5-7-14)25-19(29)15-12-24-28(18(15)20(21,22)23)16-10-11-17(30-2)27-26-16/h3-7,10-13H,8-9H2,1-2H3,(H,25,29). The number of aromatic nitrogens is 4. The first-order chi connectivity index (χ1) is 14.3. The molecule has 30 heavy (non-hydrogen) atoms. The van der Waals surface area contributed by atoms with Crippen molar-refractivity contribution < 1.29 is 22.7 Å². The van der Waals surface area contributed by atoms with Gasteiger partial charge in [0.25, 0.3) is 5.91 Å². The molecule has 1 amide bonds. The summed E-state index contributed by atoms with van der Waals surface area (Å²) in [4.78, 5) is 12.6. The van der Waals surface area contributed by atoms with Crippen molar-refractivity contribution in [3.05, 3.63) is 65.5 Å². The Hall–Kier alpha value is -3.43. The normalized spacial score (nSPS) is 12.4. The van der Waals surface area contributed by atoms with E-state index in [1.807, 2.05) is 30.3 Å². The van der Waals surface area contributed by atoms with Gasteiger partial charge in [-0.2, -0.15) is 18.3 Å². The van der Waals surface area contributed by atoms with Gasteiger partial charge in [-0.3, -0.25) is 4.79 Å². The molecule has 3 aromatic rings. The van der Waals surface area contributed by atoms with Crippen molar-refractivity contribution in [2.45, 2.75) is 32.0 Å². The SMILES string of the molecule is COc1ccc(-n2ncc(C(=O)NC(C)CCc3ccccc3)c2C(F)(F)F)nn1. The maximum atomic E-state index is 13.7. The van der Waals surface area contributed by atoms with E-state index in [1.165, 1.54) is 19.2 Å². The van der Waals surface area contributed by atoms with E-state index in [9.17, 15) is 18.0 Å². The number of methoxy groups -OCH3 is 1. The number of amides is 1. The van der Waals surface area contributed by atoms with E-state index in [-0.39, 0.29) is 17.7 Å². The lowest BCUT2D eigenvalue weighted by molar-refractivity contribution is -0.143. The van der Waals surface area contributed by atoms with Gasteiger partial charge in [-0.05, 0) is 31.4 Å². The average molecular weight is 419 g/mol. The first-order valence-corrected chi connectivity index (χ1v) is 9.17. The fraction of sp³-hybridized carbons (Fsp3) is 0.300. The van der Waals surface area contributed by atoms with Gasteiger partial charge in [0.05, 0.1) is 18.9 Å². The Morgan fingerprint density at radius 3 is 2.50 bits per heavy atom. The van der Waals surface area contributed by atoms with Crippen LogP contribution in [0.1, 0.15) is 35.0 Å². The molecule has 10 heteroatoms. The molecule has 1 unspecified atom stereocenters. The predicted octanol–water partition coefficient (Wildman–Crippen LogP) is 3.44. The number of halogens is 3. The molecular formula is C20H20F3N5O2. The van der Waals surface area contributed by atoms with Crippen LogP contribution in [0, 0.1) is 0 Å². The van der Waals surface area contributed by atoms with Gasteiger partial charge in [-0.1, -0.05) is 30.3 Å². The number of hydrogen-bond acceptors (Lipinski definition) is 5. The molecule has 1 atom stereocenters. The summed E-state index contributed by atoms with van der Waals surface area (Å²) in [5.41, 5.74) is -0.707. The van der Waals surface area contributed by atoms with E-state index in [0.29, 0.717) is 17.5 Å². The zero-order valence-corrected chi connectivity index (χ0v) is 16.3. The fourth-order valence-electron chi connectivity index (χ4n) is 2.90. The van der Waals surface area contributed by atoms with Crippen LogP contribution in [0.25, 0.3) is 5.82 Å². The van der Waals surface area contributed by atoms with Crippen LogP contribution in [0.4, 0.5) is 13.2 Å². The van der Waals surface area contributed by atoms with Crippen LogP contribution in [0.5, 0.6) is 5.88 Å². The van der Waals surface area contributed by atoms with Crippen LogP contribution in [0.15, 0.2) is 48.7 Å². The Labute approximate surface area is 170 Å². The topological polar surface area (TPSA) is 81.9 Å². The number of aryl methyl sites for hydroxylation is 1. The van der Waals surface area contributed by atoms with Crippen LogP contribution in [-0.2, 0) is 12.6 Å². The first kappa shape index (κ1) is 21.3. The zero-order valence-electron chi connectivity index (χ0n) is 16.3. The molecule has 0 aliphatic carbocycles. The molecule has 0 radical (unpaired) electrons. The van der Waals surface area contributed by atoms with E-state index in [2.05, 4.69) is 20.6 Å². The highest BCUT2D eigenvalue weighted by molar-refractivity contribution is 5.95. The summed E-state index contributed by atoms with van der Waals surface area (Å²) in [6, 6.07) is 11.9. The molecule has 0 spiro atoms. The summed E-state index contributed by atoms with van der Waals surface area (Å²) in [5.74, 6) is -0.889. The minimum Gasteiger partial charge on any atom is -0.480 e. The highest BCUT2D eigenvalue weighted by atomic mass is 19.4. The fourth-order valence-corrected chi connectivity index (χ4v) is 2.90. The monoisotopic (exact) mass is 419 g/mol. The highest BCUT2D eigenvalue weighted by Crippen LogP contribution is 2.33. The number of rotatable bonds is 7.